The van der Waals surface area contributed by atoms with Gasteiger partial charge in [-0.1, -0.05) is 12.1 Å². The summed E-state index contributed by atoms with van der Waals surface area (Å²) in [5, 5.41) is 0. The largest absolute Gasteiger partial charge is 0.457 e. The van der Waals surface area contributed by atoms with Gasteiger partial charge >= 0.3 is 6.18 Å². The van der Waals surface area contributed by atoms with Crippen molar-refractivity contribution in [2.45, 2.75) is 38.8 Å². The van der Waals surface area contributed by atoms with Gasteiger partial charge in [-0.3, -0.25) is 4.79 Å². The van der Waals surface area contributed by atoms with E-state index < -0.39 is 11.7 Å². The van der Waals surface area contributed by atoms with E-state index in [0.717, 1.165) is 60.3 Å². The smallest absolute Gasteiger partial charge is 0.416 e. The lowest BCUT2D eigenvalue weighted by molar-refractivity contribution is -0.137. The third kappa shape index (κ3) is 3.92. The number of benzene rings is 2. The number of H-pyrrole nitrogens is 1. The highest BCUT2D eigenvalue weighted by atomic mass is 19.4. The lowest BCUT2D eigenvalue weighted by atomic mass is 9.91. The van der Waals surface area contributed by atoms with Crippen molar-refractivity contribution in [1.29, 1.82) is 0 Å². The third-order valence-electron chi connectivity index (χ3n) is 5.24. The number of aromatic amines is 1. The summed E-state index contributed by atoms with van der Waals surface area (Å²) in [6, 6.07) is 11.6. The predicted molar refractivity (Wildman–Crippen MR) is 105 cm³/mol. The van der Waals surface area contributed by atoms with Crippen molar-refractivity contribution < 1.29 is 17.9 Å². The highest BCUT2D eigenvalue weighted by Crippen LogP contribution is 2.32. The van der Waals surface area contributed by atoms with E-state index >= 15 is 0 Å². The molecule has 0 unspecified atom stereocenters. The first-order chi connectivity index (χ1) is 13.8. The monoisotopic (exact) mass is 399 g/mol. The van der Waals surface area contributed by atoms with Gasteiger partial charge < -0.3 is 9.72 Å². The minimum atomic E-state index is -4.38. The third-order valence-corrected chi connectivity index (χ3v) is 5.24. The van der Waals surface area contributed by atoms with Gasteiger partial charge in [0.2, 0.25) is 0 Å². The molecule has 6 heteroatoms. The van der Waals surface area contributed by atoms with Crippen LogP contribution in [0.1, 0.15) is 35.4 Å². The van der Waals surface area contributed by atoms with Crippen LogP contribution in [0.25, 0.3) is 11.1 Å². The van der Waals surface area contributed by atoms with Crippen LogP contribution in [0.4, 0.5) is 13.2 Å². The maximum Gasteiger partial charge on any atom is 0.416 e. The number of hydrogen-bond acceptors (Lipinski definition) is 2. The highest BCUT2D eigenvalue weighted by molar-refractivity contribution is 5.67. The summed E-state index contributed by atoms with van der Waals surface area (Å²) in [5.74, 6) is 0.800. The number of rotatable bonds is 3. The molecule has 1 aliphatic carbocycles. The number of nitrogens with one attached hydrogen (secondary N) is 1. The van der Waals surface area contributed by atoms with Gasteiger partial charge in [-0.2, -0.15) is 13.2 Å². The first-order valence-electron chi connectivity index (χ1n) is 9.53. The van der Waals surface area contributed by atoms with Crippen molar-refractivity contribution in [3.05, 3.63) is 81.3 Å². The maximum absolute atomic E-state index is 13.0. The van der Waals surface area contributed by atoms with Gasteiger partial charge in [-0.15, -0.1) is 0 Å². The van der Waals surface area contributed by atoms with Crippen LogP contribution in [-0.2, 0) is 19.0 Å². The van der Waals surface area contributed by atoms with Crippen LogP contribution < -0.4 is 10.2 Å². The van der Waals surface area contributed by atoms with Gasteiger partial charge in [0, 0.05) is 22.5 Å². The van der Waals surface area contributed by atoms with Crippen LogP contribution in [-0.4, -0.2) is 4.98 Å². The fourth-order valence-corrected chi connectivity index (χ4v) is 3.79. The van der Waals surface area contributed by atoms with Gasteiger partial charge in [0.1, 0.15) is 11.5 Å². The molecule has 0 radical (unpaired) electrons. The SMILES string of the molecule is Cc1[nH]c2c(c(=O)c1-c1ccc(Oc3ccc(C(F)(F)F)cc3)cc1)CCCC2. The summed E-state index contributed by atoms with van der Waals surface area (Å²) in [6.07, 6.45) is -0.547. The van der Waals surface area contributed by atoms with Crippen molar-refractivity contribution in [3.63, 3.8) is 0 Å². The van der Waals surface area contributed by atoms with Gasteiger partial charge in [0.15, 0.2) is 5.43 Å². The van der Waals surface area contributed by atoms with Crippen molar-refractivity contribution in [3.8, 4) is 22.6 Å². The van der Waals surface area contributed by atoms with Crippen LogP contribution in [0, 0.1) is 6.92 Å². The van der Waals surface area contributed by atoms with E-state index in [1.165, 1.54) is 12.1 Å². The van der Waals surface area contributed by atoms with Gasteiger partial charge in [0.05, 0.1) is 5.56 Å². The molecule has 150 valence electrons. The Bertz CT molecular complexity index is 1080. The zero-order valence-electron chi connectivity index (χ0n) is 15.9. The quantitative estimate of drug-likeness (QED) is 0.583. The first kappa shape index (κ1) is 19.3. The van der Waals surface area contributed by atoms with E-state index in [4.69, 9.17) is 4.74 Å². The Morgan fingerprint density at radius 1 is 0.897 bits per heavy atom. The molecule has 2 aromatic carbocycles. The van der Waals surface area contributed by atoms with E-state index in [9.17, 15) is 18.0 Å². The maximum atomic E-state index is 13.0. The Morgan fingerprint density at radius 3 is 2.10 bits per heavy atom. The molecule has 3 aromatic rings. The Kier molecular flexibility index (Phi) is 4.94. The number of halogens is 3. The van der Waals surface area contributed by atoms with Gasteiger partial charge in [0.25, 0.3) is 0 Å². The van der Waals surface area contributed by atoms with Crippen LogP contribution in [0.5, 0.6) is 11.5 Å². The van der Waals surface area contributed by atoms with E-state index in [0.29, 0.717) is 17.1 Å². The second-order valence-corrected chi connectivity index (χ2v) is 7.27. The minimum absolute atomic E-state index is 0.0763. The molecule has 3 nitrogen and oxygen atoms in total. The minimum Gasteiger partial charge on any atom is -0.457 e. The molecule has 0 saturated carbocycles. The van der Waals surface area contributed by atoms with Crippen LogP contribution in [0.3, 0.4) is 0 Å². The van der Waals surface area contributed by atoms with E-state index in [1.54, 1.807) is 24.3 Å². The number of aryl methyl sites for hydroxylation is 2. The second kappa shape index (κ2) is 7.43. The number of fused-ring (bicyclic) bond motifs is 1. The standard InChI is InChI=1S/C23H20F3NO2/c1-14-21(22(28)19-4-2-3-5-20(19)27-14)15-6-10-17(11-7-15)29-18-12-8-16(9-13-18)23(24,25)26/h6-13H,2-5H2,1H3,(H,27,28). The average Bonchev–Trinajstić information content (AvgIpc) is 2.69. The molecule has 29 heavy (non-hydrogen) atoms. The van der Waals surface area contributed by atoms with E-state index in [1.807, 2.05) is 6.92 Å². The Hall–Kier alpha value is -3.02. The zero-order chi connectivity index (χ0) is 20.6. The molecule has 4 rings (SSSR count). The van der Waals surface area contributed by atoms with Crippen molar-refractivity contribution in [1.82, 2.24) is 4.98 Å². The van der Waals surface area contributed by atoms with Crippen molar-refractivity contribution in [2.75, 3.05) is 0 Å². The summed E-state index contributed by atoms with van der Waals surface area (Å²) < 4.78 is 43.6. The number of alkyl halides is 3. The molecule has 1 N–H and O–H groups in total. The van der Waals surface area contributed by atoms with Crippen LogP contribution >= 0.6 is 0 Å². The molecule has 1 heterocycles. The van der Waals surface area contributed by atoms with Gasteiger partial charge in [-0.05, 0) is 74.6 Å². The number of pyridine rings is 1. The summed E-state index contributed by atoms with van der Waals surface area (Å²) in [6.45, 7) is 1.90. The summed E-state index contributed by atoms with van der Waals surface area (Å²) in [4.78, 5) is 16.4. The summed E-state index contributed by atoms with van der Waals surface area (Å²) >= 11 is 0. The van der Waals surface area contributed by atoms with Crippen molar-refractivity contribution in [2.24, 2.45) is 0 Å². The second-order valence-electron chi connectivity index (χ2n) is 7.27. The molecule has 0 atom stereocenters. The molecule has 0 aliphatic heterocycles. The fraction of sp³-hybridized carbons (Fsp3) is 0.261. The fourth-order valence-electron chi connectivity index (χ4n) is 3.79. The molecule has 0 fully saturated rings. The van der Waals surface area contributed by atoms with Gasteiger partial charge in [-0.25, -0.2) is 0 Å². The van der Waals surface area contributed by atoms with Crippen LogP contribution in [0.2, 0.25) is 0 Å². The number of hydrogen-bond donors (Lipinski definition) is 1. The molecule has 1 aromatic heterocycles. The Morgan fingerprint density at radius 2 is 1.48 bits per heavy atom. The Labute approximate surface area is 166 Å². The number of aromatic nitrogens is 1. The lowest BCUT2D eigenvalue weighted by Crippen LogP contribution is -2.21. The Balaban J connectivity index is 1.58. The molecule has 0 saturated heterocycles. The van der Waals surface area contributed by atoms with Crippen LogP contribution in [0.15, 0.2) is 53.3 Å². The highest BCUT2D eigenvalue weighted by Gasteiger charge is 2.30. The lowest BCUT2D eigenvalue weighted by Gasteiger charge is -2.18. The number of ether oxygens (including phenoxy) is 1. The molecule has 0 amide bonds. The van der Waals surface area contributed by atoms with E-state index in [-0.39, 0.29) is 5.43 Å². The average molecular weight is 399 g/mol. The summed E-state index contributed by atoms with van der Waals surface area (Å²) in [5.41, 5.74) is 3.57. The van der Waals surface area contributed by atoms with E-state index in [2.05, 4.69) is 4.98 Å². The zero-order valence-corrected chi connectivity index (χ0v) is 15.9. The molecule has 0 spiro atoms. The normalized spacial score (nSPS) is 13.8. The molecular weight excluding hydrogens is 379 g/mol. The predicted octanol–water partition coefficient (Wildman–Crippen LogP) is 6.04. The topological polar surface area (TPSA) is 42.1 Å². The summed E-state index contributed by atoms with van der Waals surface area (Å²) in [7, 11) is 0. The molecular formula is C23H20F3NO2. The van der Waals surface area contributed by atoms with Crippen molar-refractivity contribution >= 4 is 0 Å². The molecule has 0 bridgehead atoms. The molecule has 1 aliphatic rings. The first-order valence-corrected chi connectivity index (χ1v) is 9.53.